The monoisotopic (exact) mass is 657 g/mol. The highest BCUT2D eigenvalue weighted by molar-refractivity contribution is 7.89. The molecule has 5 rings (SSSR count). The summed E-state index contributed by atoms with van der Waals surface area (Å²) < 4.78 is 65.2. The standard InChI is InChI=1S/C30H28Cl3F2NO5S/c31-30(32,33)19-40-28(37)36-12-10-29(11-13-36)9-8-22-14-21(6-7-27(22)41-29)23-15-25(34)24(26(35)16-23)18-42(38,39)17-20-4-2-1-3-5-20/h1-7,14-16H,8-13,17-19H2. The molecule has 0 saturated carbocycles. The number of alkyl halides is 3. The van der Waals surface area contributed by atoms with E-state index in [0.717, 1.165) is 5.56 Å². The first-order chi connectivity index (χ1) is 19.8. The zero-order chi connectivity index (χ0) is 30.1. The molecule has 12 heteroatoms. The van der Waals surface area contributed by atoms with Gasteiger partial charge in [-0.3, -0.25) is 0 Å². The molecule has 1 saturated heterocycles. The van der Waals surface area contributed by atoms with Gasteiger partial charge in [0.1, 0.15) is 29.6 Å². The summed E-state index contributed by atoms with van der Waals surface area (Å²) in [5.41, 5.74) is 1.44. The van der Waals surface area contributed by atoms with Crippen molar-refractivity contribution in [2.45, 2.75) is 46.6 Å². The van der Waals surface area contributed by atoms with E-state index in [9.17, 15) is 13.2 Å². The second-order valence-corrected chi connectivity index (χ2v) is 15.3. The van der Waals surface area contributed by atoms with Crippen molar-refractivity contribution in [2.24, 2.45) is 0 Å². The lowest BCUT2D eigenvalue weighted by Gasteiger charge is -2.44. The first-order valence-corrected chi connectivity index (χ1v) is 16.3. The lowest BCUT2D eigenvalue weighted by atomic mass is 9.82. The number of carbonyl (C=O) groups is 1. The number of benzene rings is 3. The van der Waals surface area contributed by atoms with Gasteiger partial charge in [-0.25, -0.2) is 22.0 Å². The Morgan fingerprint density at radius 1 is 0.929 bits per heavy atom. The molecule has 1 fully saturated rings. The van der Waals surface area contributed by atoms with Crippen molar-refractivity contribution in [3.63, 3.8) is 0 Å². The Labute approximate surface area is 258 Å². The van der Waals surface area contributed by atoms with Crippen LogP contribution in [0.15, 0.2) is 60.7 Å². The number of halogens is 5. The summed E-state index contributed by atoms with van der Waals surface area (Å²) in [6, 6.07) is 16.2. The van der Waals surface area contributed by atoms with Crippen LogP contribution in [0.3, 0.4) is 0 Å². The number of hydrogen-bond donors (Lipinski definition) is 0. The van der Waals surface area contributed by atoms with E-state index in [-0.39, 0.29) is 12.4 Å². The maximum Gasteiger partial charge on any atom is 0.409 e. The summed E-state index contributed by atoms with van der Waals surface area (Å²) in [4.78, 5) is 13.9. The number of rotatable bonds is 6. The summed E-state index contributed by atoms with van der Waals surface area (Å²) in [6.45, 7) is 0.518. The van der Waals surface area contributed by atoms with Crippen LogP contribution in [0.5, 0.6) is 5.75 Å². The van der Waals surface area contributed by atoms with E-state index in [1.807, 2.05) is 6.07 Å². The first-order valence-electron chi connectivity index (χ1n) is 13.3. The van der Waals surface area contributed by atoms with Crippen molar-refractivity contribution in [1.82, 2.24) is 4.90 Å². The summed E-state index contributed by atoms with van der Waals surface area (Å²) >= 11 is 17.0. The Bertz CT molecular complexity index is 1550. The van der Waals surface area contributed by atoms with Crippen LogP contribution < -0.4 is 4.74 Å². The van der Waals surface area contributed by atoms with Crippen LogP contribution in [0.1, 0.15) is 36.0 Å². The van der Waals surface area contributed by atoms with Gasteiger partial charge in [-0.1, -0.05) is 71.2 Å². The molecular formula is C30H28Cl3F2NO5S. The second-order valence-electron chi connectivity index (χ2n) is 10.7. The van der Waals surface area contributed by atoms with E-state index in [2.05, 4.69) is 0 Å². The highest BCUT2D eigenvalue weighted by atomic mass is 35.6. The molecule has 2 aliphatic heterocycles. The van der Waals surface area contributed by atoms with E-state index in [1.54, 1.807) is 47.4 Å². The molecule has 0 atom stereocenters. The first kappa shape index (κ1) is 30.9. The van der Waals surface area contributed by atoms with Crippen LogP contribution in [0, 0.1) is 11.6 Å². The molecule has 0 radical (unpaired) electrons. The number of sulfone groups is 1. The van der Waals surface area contributed by atoms with Crippen LogP contribution in [0.4, 0.5) is 13.6 Å². The van der Waals surface area contributed by atoms with Gasteiger partial charge in [-0.2, -0.15) is 0 Å². The molecule has 2 aliphatic rings. The molecule has 1 spiro atoms. The Kier molecular flexibility index (Phi) is 8.95. The number of amides is 1. The predicted molar refractivity (Wildman–Crippen MR) is 159 cm³/mol. The summed E-state index contributed by atoms with van der Waals surface area (Å²) in [6.07, 6.45) is 2.05. The Hall–Kier alpha value is -2.59. The number of likely N-dealkylation sites (tertiary alicyclic amines) is 1. The molecule has 6 nitrogen and oxygen atoms in total. The third kappa shape index (κ3) is 7.48. The van der Waals surface area contributed by atoms with Crippen LogP contribution in [0.2, 0.25) is 0 Å². The van der Waals surface area contributed by atoms with Crippen molar-refractivity contribution in [3.05, 3.63) is 89.0 Å². The molecule has 3 aromatic carbocycles. The molecular weight excluding hydrogens is 631 g/mol. The number of ether oxygens (including phenoxy) is 2. The molecule has 1 amide bonds. The van der Waals surface area contributed by atoms with E-state index in [1.165, 1.54) is 12.1 Å². The van der Waals surface area contributed by atoms with Crippen molar-refractivity contribution in [2.75, 3.05) is 19.7 Å². The fraction of sp³-hybridized carbons (Fsp3) is 0.367. The van der Waals surface area contributed by atoms with Gasteiger partial charge < -0.3 is 14.4 Å². The topological polar surface area (TPSA) is 72.9 Å². The average molecular weight is 659 g/mol. The Morgan fingerprint density at radius 3 is 2.24 bits per heavy atom. The highest BCUT2D eigenvalue weighted by Gasteiger charge is 2.41. The lowest BCUT2D eigenvalue weighted by molar-refractivity contribution is -0.0141. The van der Waals surface area contributed by atoms with Crippen LogP contribution >= 0.6 is 34.8 Å². The minimum absolute atomic E-state index is 0.305. The van der Waals surface area contributed by atoms with Crippen LogP contribution in [0.25, 0.3) is 11.1 Å². The van der Waals surface area contributed by atoms with Gasteiger partial charge in [0.25, 0.3) is 0 Å². The molecule has 0 aliphatic carbocycles. The second kappa shape index (κ2) is 12.2. The highest BCUT2D eigenvalue weighted by Crippen LogP contribution is 2.41. The average Bonchev–Trinajstić information content (AvgIpc) is 2.94. The van der Waals surface area contributed by atoms with Crippen molar-refractivity contribution in [3.8, 4) is 16.9 Å². The third-order valence-electron chi connectivity index (χ3n) is 7.60. The predicted octanol–water partition coefficient (Wildman–Crippen LogP) is 7.41. The minimum atomic E-state index is -3.79. The van der Waals surface area contributed by atoms with Gasteiger partial charge in [0, 0.05) is 31.5 Å². The van der Waals surface area contributed by atoms with Gasteiger partial charge in [-0.05, 0) is 59.4 Å². The summed E-state index contributed by atoms with van der Waals surface area (Å²) in [5.74, 6) is -2.18. The van der Waals surface area contributed by atoms with E-state index in [4.69, 9.17) is 44.3 Å². The molecule has 0 aromatic heterocycles. The zero-order valence-electron chi connectivity index (χ0n) is 22.4. The maximum atomic E-state index is 15.1. The van der Waals surface area contributed by atoms with Gasteiger partial charge in [0.2, 0.25) is 3.79 Å². The van der Waals surface area contributed by atoms with Gasteiger partial charge in [0.05, 0.1) is 11.5 Å². The smallest absolute Gasteiger partial charge is 0.409 e. The van der Waals surface area contributed by atoms with E-state index >= 15 is 8.78 Å². The minimum Gasteiger partial charge on any atom is -0.487 e. The molecule has 3 aromatic rings. The zero-order valence-corrected chi connectivity index (χ0v) is 25.5. The van der Waals surface area contributed by atoms with Crippen molar-refractivity contribution >= 4 is 50.7 Å². The molecule has 224 valence electrons. The number of carbonyl (C=O) groups excluding carboxylic acids is 1. The Balaban J connectivity index is 1.25. The van der Waals surface area contributed by atoms with Gasteiger partial charge >= 0.3 is 6.09 Å². The summed E-state index contributed by atoms with van der Waals surface area (Å²) in [7, 11) is -3.79. The number of aryl methyl sites for hydroxylation is 1. The van der Waals surface area contributed by atoms with Gasteiger partial charge in [0.15, 0.2) is 9.84 Å². The molecule has 0 bridgehead atoms. The maximum absolute atomic E-state index is 15.1. The molecule has 0 N–H and O–H groups in total. The fourth-order valence-electron chi connectivity index (χ4n) is 5.39. The van der Waals surface area contributed by atoms with Gasteiger partial charge in [-0.15, -0.1) is 0 Å². The van der Waals surface area contributed by atoms with E-state index < -0.39 is 48.3 Å². The number of piperidine rings is 1. The largest absolute Gasteiger partial charge is 0.487 e. The van der Waals surface area contributed by atoms with Crippen LogP contribution in [-0.4, -0.2) is 48.5 Å². The number of nitrogens with zero attached hydrogens (tertiary/aromatic N) is 1. The SMILES string of the molecule is O=C(OCC(Cl)(Cl)Cl)N1CCC2(CCc3cc(-c4cc(F)c(CS(=O)(=O)Cc5ccccc5)c(F)c4)ccc3O2)CC1. The lowest BCUT2D eigenvalue weighted by Crippen LogP contribution is -2.51. The summed E-state index contributed by atoms with van der Waals surface area (Å²) in [5, 5.41) is 0. The number of fused-ring (bicyclic) bond motifs is 1. The van der Waals surface area contributed by atoms with E-state index in [0.29, 0.717) is 61.2 Å². The third-order valence-corrected chi connectivity index (χ3v) is 9.43. The molecule has 42 heavy (non-hydrogen) atoms. The molecule has 2 heterocycles. The molecule has 0 unspecified atom stereocenters. The van der Waals surface area contributed by atoms with Crippen LogP contribution in [-0.2, 0) is 32.5 Å². The number of hydrogen-bond acceptors (Lipinski definition) is 5. The Morgan fingerprint density at radius 2 is 1.60 bits per heavy atom. The van der Waals surface area contributed by atoms with Crippen molar-refractivity contribution < 1.29 is 31.5 Å². The normalized spacial score (nSPS) is 16.5. The van der Waals surface area contributed by atoms with Crippen molar-refractivity contribution in [1.29, 1.82) is 0 Å². The quantitative estimate of drug-likeness (QED) is 0.258. The fourth-order valence-corrected chi connectivity index (χ4v) is 7.07.